The molecule has 1 aliphatic rings. The Morgan fingerprint density at radius 1 is 1.45 bits per heavy atom. The summed E-state index contributed by atoms with van der Waals surface area (Å²) in [5, 5.41) is 11.9. The van der Waals surface area contributed by atoms with Gasteiger partial charge in [-0.05, 0) is 37.3 Å². The highest BCUT2D eigenvalue weighted by atomic mass is 16.3. The lowest BCUT2D eigenvalue weighted by Gasteiger charge is -2.31. The Kier molecular flexibility index (Phi) is 4.74. The summed E-state index contributed by atoms with van der Waals surface area (Å²) < 4.78 is 0. The maximum atomic E-state index is 12.2. The van der Waals surface area contributed by atoms with Crippen molar-refractivity contribution < 1.29 is 14.7 Å². The van der Waals surface area contributed by atoms with Crippen LogP contribution in [0.2, 0.25) is 0 Å². The molecule has 0 atom stereocenters. The maximum absolute atomic E-state index is 12.2. The second kappa shape index (κ2) is 6.52. The molecule has 2 amide bonds. The van der Waals surface area contributed by atoms with E-state index in [1.807, 2.05) is 6.92 Å². The topological polar surface area (TPSA) is 69.6 Å². The first-order valence-corrected chi connectivity index (χ1v) is 6.87. The number of amides is 2. The van der Waals surface area contributed by atoms with E-state index in [4.69, 9.17) is 5.11 Å². The van der Waals surface area contributed by atoms with Crippen molar-refractivity contribution in [3.63, 3.8) is 0 Å². The van der Waals surface area contributed by atoms with Crippen LogP contribution in [0.3, 0.4) is 0 Å². The predicted molar refractivity (Wildman–Crippen MR) is 77.0 cm³/mol. The van der Waals surface area contributed by atoms with Crippen molar-refractivity contribution >= 4 is 18.0 Å². The van der Waals surface area contributed by atoms with Crippen LogP contribution in [0.25, 0.3) is 0 Å². The standard InChI is InChI=1S/C15H20N2O3/c1-11-13(10-19)3-2-4-14(11)16-15(20)17-7-5-12(9-18)6-8-17/h2-4,10,12,18H,5-9H2,1H3,(H,16,20). The van der Waals surface area contributed by atoms with Crippen molar-refractivity contribution in [2.24, 2.45) is 5.92 Å². The molecular formula is C15H20N2O3. The number of carbonyl (C=O) groups excluding carboxylic acids is 2. The lowest BCUT2D eigenvalue weighted by molar-refractivity contribution is 0.112. The van der Waals surface area contributed by atoms with Gasteiger partial charge in [-0.15, -0.1) is 0 Å². The van der Waals surface area contributed by atoms with Crippen molar-refractivity contribution in [3.8, 4) is 0 Å². The van der Waals surface area contributed by atoms with Crippen LogP contribution < -0.4 is 5.32 Å². The number of likely N-dealkylation sites (tertiary alicyclic amines) is 1. The number of hydrogen-bond donors (Lipinski definition) is 2. The zero-order chi connectivity index (χ0) is 14.5. The monoisotopic (exact) mass is 276 g/mol. The Bertz CT molecular complexity index is 494. The summed E-state index contributed by atoms with van der Waals surface area (Å²) in [6, 6.07) is 5.13. The fraction of sp³-hybridized carbons (Fsp3) is 0.467. The number of anilines is 1. The number of carbonyl (C=O) groups is 2. The molecule has 5 heteroatoms. The molecule has 108 valence electrons. The van der Waals surface area contributed by atoms with Gasteiger partial charge in [-0.25, -0.2) is 4.79 Å². The minimum absolute atomic E-state index is 0.146. The van der Waals surface area contributed by atoms with Gasteiger partial charge in [-0.1, -0.05) is 12.1 Å². The number of aliphatic hydroxyl groups is 1. The number of aldehydes is 1. The molecular weight excluding hydrogens is 256 g/mol. The fourth-order valence-corrected chi connectivity index (χ4v) is 2.43. The summed E-state index contributed by atoms with van der Waals surface area (Å²) in [6.07, 6.45) is 2.45. The molecule has 0 saturated carbocycles. The molecule has 1 aromatic carbocycles. The minimum atomic E-state index is -0.146. The summed E-state index contributed by atoms with van der Waals surface area (Å²) in [7, 11) is 0. The van der Waals surface area contributed by atoms with E-state index in [1.165, 1.54) is 0 Å². The first kappa shape index (κ1) is 14.5. The third-order valence-corrected chi connectivity index (χ3v) is 3.90. The van der Waals surface area contributed by atoms with E-state index < -0.39 is 0 Å². The van der Waals surface area contributed by atoms with E-state index in [0.29, 0.717) is 30.3 Å². The molecule has 0 spiro atoms. The maximum Gasteiger partial charge on any atom is 0.321 e. The molecule has 1 heterocycles. The van der Waals surface area contributed by atoms with Crippen LogP contribution in [0.4, 0.5) is 10.5 Å². The molecule has 0 aromatic heterocycles. The summed E-state index contributed by atoms with van der Waals surface area (Å²) in [4.78, 5) is 24.8. The zero-order valence-corrected chi connectivity index (χ0v) is 11.6. The quantitative estimate of drug-likeness (QED) is 0.830. The van der Waals surface area contributed by atoms with Crippen LogP contribution in [0, 0.1) is 12.8 Å². The number of urea groups is 1. The normalized spacial score (nSPS) is 16.0. The van der Waals surface area contributed by atoms with Crippen LogP contribution in [-0.2, 0) is 0 Å². The summed E-state index contributed by atoms with van der Waals surface area (Å²) in [5.74, 6) is 0.305. The highest BCUT2D eigenvalue weighted by molar-refractivity contribution is 5.92. The van der Waals surface area contributed by atoms with Crippen LogP contribution in [-0.4, -0.2) is 42.0 Å². The van der Waals surface area contributed by atoms with Gasteiger partial charge in [-0.3, -0.25) is 4.79 Å². The van der Waals surface area contributed by atoms with Crippen molar-refractivity contribution in [1.29, 1.82) is 0 Å². The van der Waals surface area contributed by atoms with Gasteiger partial charge in [0.15, 0.2) is 0 Å². The van der Waals surface area contributed by atoms with Gasteiger partial charge in [-0.2, -0.15) is 0 Å². The van der Waals surface area contributed by atoms with E-state index >= 15 is 0 Å². The summed E-state index contributed by atoms with van der Waals surface area (Å²) in [5.41, 5.74) is 2.03. The fourth-order valence-electron chi connectivity index (χ4n) is 2.43. The third-order valence-electron chi connectivity index (χ3n) is 3.90. The second-order valence-electron chi connectivity index (χ2n) is 5.18. The Morgan fingerprint density at radius 3 is 2.75 bits per heavy atom. The summed E-state index contributed by atoms with van der Waals surface area (Å²) >= 11 is 0. The highest BCUT2D eigenvalue weighted by Crippen LogP contribution is 2.20. The van der Waals surface area contributed by atoms with Crippen molar-refractivity contribution in [2.45, 2.75) is 19.8 Å². The van der Waals surface area contributed by atoms with Gasteiger partial charge in [0.2, 0.25) is 0 Å². The van der Waals surface area contributed by atoms with Crippen LogP contribution >= 0.6 is 0 Å². The van der Waals surface area contributed by atoms with Crippen LogP contribution in [0.5, 0.6) is 0 Å². The largest absolute Gasteiger partial charge is 0.396 e. The van der Waals surface area contributed by atoms with Gasteiger partial charge in [0.1, 0.15) is 6.29 Å². The average molecular weight is 276 g/mol. The molecule has 0 radical (unpaired) electrons. The zero-order valence-electron chi connectivity index (χ0n) is 11.6. The number of hydrogen-bond acceptors (Lipinski definition) is 3. The van der Waals surface area contributed by atoms with Gasteiger partial charge in [0.25, 0.3) is 0 Å². The Hall–Kier alpha value is -1.88. The molecule has 20 heavy (non-hydrogen) atoms. The number of benzene rings is 1. The van der Waals surface area contributed by atoms with Crippen molar-refractivity contribution in [3.05, 3.63) is 29.3 Å². The number of nitrogens with one attached hydrogen (secondary N) is 1. The first-order chi connectivity index (χ1) is 9.65. The Morgan fingerprint density at radius 2 is 2.15 bits per heavy atom. The molecule has 0 unspecified atom stereocenters. The second-order valence-corrected chi connectivity index (χ2v) is 5.18. The molecule has 1 fully saturated rings. The minimum Gasteiger partial charge on any atom is -0.396 e. The first-order valence-electron chi connectivity index (χ1n) is 6.87. The van der Waals surface area contributed by atoms with Gasteiger partial charge in [0.05, 0.1) is 0 Å². The molecule has 1 aromatic rings. The van der Waals surface area contributed by atoms with Gasteiger partial charge in [0, 0.05) is 30.9 Å². The molecule has 0 bridgehead atoms. The SMILES string of the molecule is Cc1c(C=O)cccc1NC(=O)N1CCC(CO)CC1. The smallest absolute Gasteiger partial charge is 0.321 e. The Balaban J connectivity index is 2.00. The van der Waals surface area contributed by atoms with E-state index in [-0.39, 0.29) is 12.6 Å². The van der Waals surface area contributed by atoms with E-state index in [1.54, 1.807) is 23.1 Å². The molecule has 0 aliphatic carbocycles. The molecule has 2 N–H and O–H groups in total. The van der Waals surface area contributed by atoms with E-state index in [0.717, 1.165) is 24.7 Å². The van der Waals surface area contributed by atoms with Gasteiger partial charge >= 0.3 is 6.03 Å². The van der Waals surface area contributed by atoms with Crippen LogP contribution in [0.1, 0.15) is 28.8 Å². The Labute approximate surface area is 118 Å². The summed E-state index contributed by atoms with van der Waals surface area (Å²) in [6.45, 7) is 3.32. The average Bonchev–Trinajstić information content (AvgIpc) is 2.49. The molecule has 1 aliphatic heterocycles. The van der Waals surface area contributed by atoms with Crippen molar-refractivity contribution in [2.75, 3.05) is 25.0 Å². The van der Waals surface area contributed by atoms with E-state index in [2.05, 4.69) is 5.32 Å². The third kappa shape index (κ3) is 3.17. The molecule has 5 nitrogen and oxygen atoms in total. The molecule has 2 rings (SSSR count). The number of piperidine rings is 1. The number of rotatable bonds is 3. The number of aliphatic hydroxyl groups excluding tert-OH is 1. The van der Waals surface area contributed by atoms with E-state index in [9.17, 15) is 9.59 Å². The van der Waals surface area contributed by atoms with Crippen molar-refractivity contribution in [1.82, 2.24) is 4.90 Å². The highest BCUT2D eigenvalue weighted by Gasteiger charge is 2.22. The van der Waals surface area contributed by atoms with Gasteiger partial charge < -0.3 is 15.3 Å². The number of nitrogens with zero attached hydrogens (tertiary/aromatic N) is 1. The lowest BCUT2D eigenvalue weighted by atomic mass is 9.98. The molecule has 1 saturated heterocycles. The lowest BCUT2D eigenvalue weighted by Crippen LogP contribution is -2.41. The predicted octanol–water partition coefficient (Wildman–Crippen LogP) is 2.04. The van der Waals surface area contributed by atoms with Crippen LogP contribution in [0.15, 0.2) is 18.2 Å².